The van der Waals surface area contributed by atoms with Gasteiger partial charge in [-0.2, -0.15) is 26.3 Å². The molecule has 0 aliphatic heterocycles. The molecule has 0 heterocycles. The minimum atomic E-state index is -5.94. The Morgan fingerprint density at radius 3 is 2.00 bits per heavy atom. The molecule has 3 unspecified atom stereocenters. The third-order valence-corrected chi connectivity index (χ3v) is 7.96. The van der Waals surface area contributed by atoms with Crippen LogP contribution in [0.4, 0.5) is 26.3 Å². The third-order valence-electron chi connectivity index (χ3n) is 7.96. The number of hydrogen-bond donors (Lipinski definition) is 1. The molecule has 10 heteroatoms. The standard InChI is InChI=1S/C22H30F6O4/c1-5-19(32-13(4)20(30,21(23,24)25)22(26,27)28)15-6-14-7-16(19)10-18(8-14,9-15)11-31-17(29)12(2)3/h13-16,30H,2,5-11H2,1,3-4H3. The number of carbonyl (C=O) groups is 1. The van der Waals surface area contributed by atoms with Crippen LogP contribution in [-0.4, -0.2) is 47.3 Å². The van der Waals surface area contributed by atoms with Gasteiger partial charge in [-0.1, -0.05) is 13.5 Å². The Morgan fingerprint density at radius 1 is 1.09 bits per heavy atom. The molecule has 32 heavy (non-hydrogen) atoms. The highest BCUT2D eigenvalue weighted by Gasteiger charge is 2.75. The van der Waals surface area contributed by atoms with Crippen LogP contribution in [0.2, 0.25) is 0 Å². The molecule has 4 saturated carbocycles. The Morgan fingerprint density at radius 2 is 1.59 bits per heavy atom. The molecule has 1 N–H and O–H groups in total. The Kier molecular flexibility index (Phi) is 6.25. The third kappa shape index (κ3) is 3.85. The van der Waals surface area contributed by atoms with Crippen molar-refractivity contribution in [2.24, 2.45) is 23.2 Å². The van der Waals surface area contributed by atoms with Crippen LogP contribution in [0.1, 0.15) is 59.3 Å². The normalized spacial score (nSPS) is 35.6. The summed E-state index contributed by atoms with van der Waals surface area (Å²) in [5.74, 6) is -0.836. The van der Waals surface area contributed by atoms with Crippen LogP contribution < -0.4 is 0 Å². The molecule has 4 nitrogen and oxygen atoms in total. The van der Waals surface area contributed by atoms with E-state index in [2.05, 4.69) is 6.58 Å². The smallest absolute Gasteiger partial charge is 0.428 e. The molecule has 0 aromatic heterocycles. The Balaban J connectivity index is 1.87. The molecule has 4 aliphatic carbocycles. The minimum Gasteiger partial charge on any atom is -0.462 e. The summed E-state index contributed by atoms with van der Waals surface area (Å²) >= 11 is 0. The lowest BCUT2D eigenvalue weighted by Crippen LogP contribution is -2.69. The monoisotopic (exact) mass is 472 g/mol. The molecule has 3 atom stereocenters. The van der Waals surface area contributed by atoms with Crippen molar-refractivity contribution >= 4 is 5.97 Å². The summed E-state index contributed by atoms with van der Waals surface area (Å²) in [7, 11) is 0. The molecule has 0 radical (unpaired) electrons. The minimum absolute atomic E-state index is 0.145. The average Bonchev–Trinajstić information content (AvgIpc) is 2.65. The zero-order valence-corrected chi connectivity index (χ0v) is 18.4. The number of alkyl halides is 6. The largest absolute Gasteiger partial charge is 0.462 e. The maximum Gasteiger partial charge on any atom is 0.428 e. The van der Waals surface area contributed by atoms with Crippen LogP contribution in [0.5, 0.6) is 0 Å². The predicted octanol–water partition coefficient (Wildman–Crippen LogP) is 5.34. The van der Waals surface area contributed by atoms with Gasteiger partial charge in [0.2, 0.25) is 0 Å². The van der Waals surface area contributed by atoms with Crippen molar-refractivity contribution in [3.05, 3.63) is 12.2 Å². The van der Waals surface area contributed by atoms with Gasteiger partial charge in [0, 0.05) is 11.0 Å². The summed E-state index contributed by atoms with van der Waals surface area (Å²) in [5.41, 5.74) is -6.28. The van der Waals surface area contributed by atoms with E-state index in [1.54, 1.807) is 6.92 Å². The zero-order valence-electron chi connectivity index (χ0n) is 18.4. The number of aliphatic hydroxyl groups is 1. The molecule has 4 aliphatic rings. The highest BCUT2D eigenvalue weighted by Crippen LogP contribution is 2.66. The molecule has 4 fully saturated rings. The van der Waals surface area contributed by atoms with Crippen LogP contribution in [-0.2, 0) is 14.3 Å². The first-order valence-corrected chi connectivity index (χ1v) is 10.9. The highest BCUT2D eigenvalue weighted by molar-refractivity contribution is 5.86. The van der Waals surface area contributed by atoms with Crippen LogP contribution in [0.3, 0.4) is 0 Å². The van der Waals surface area contributed by atoms with E-state index in [0.717, 1.165) is 6.42 Å². The van der Waals surface area contributed by atoms with E-state index < -0.39 is 35.6 Å². The van der Waals surface area contributed by atoms with Crippen molar-refractivity contribution in [1.29, 1.82) is 0 Å². The molecule has 0 amide bonds. The van der Waals surface area contributed by atoms with Gasteiger partial charge in [-0.3, -0.25) is 0 Å². The molecule has 0 saturated heterocycles. The van der Waals surface area contributed by atoms with E-state index >= 15 is 0 Å². The Hall–Kier alpha value is -1.29. The van der Waals surface area contributed by atoms with Gasteiger partial charge in [-0.25, -0.2) is 4.79 Å². The molecule has 0 spiro atoms. The van der Waals surface area contributed by atoms with Crippen molar-refractivity contribution in [1.82, 2.24) is 0 Å². The highest BCUT2D eigenvalue weighted by atomic mass is 19.4. The van der Waals surface area contributed by atoms with Gasteiger partial charge in [-0.05, 0) is 70.1 Å². The molecular formula is C22H30F6O4. The molecule has 184 valence electrons. The molecule has 4 bridgehead atoms. The number of rotatable bonds is 7. The lowest BCUT2D eigenvalue weighted by Gasteiger charge is -2.65. The number of esters is 1. The van der Waals surface area contributed by atoms with Crippen LogP contribution in [0.15, 0.2) is 12.2 Å². The van der Waals surface area contributed by atoms with Crippen molar-refractivity contribution in [3.63, 3.8) is 0 Å². The fourth-order valence-electron chi connectivity index (χ4n) is 6.63. The fraction of sp³-hybridized carbons (Fsp3) is 0.864. The molecule has 0 aromatic rings. The summed E-state index contributed by atoms with van der Waals surface area (Å²) in [6, 6.07) is 0. The first kappa shape index (κ1) is 25.3. The summed E-state index contributed by atoms with van der Waals surface area (Å²) < 4.78 is 91.4. The molecule has 0 aromatic carbocycles. The van der Waals surface area contributed by atoms with Gasteiger partial charge in [0.25, 0.3) is 5.60 Å². The lowest BCUT2D eigenvalue weighted by atomic mass is 9.44. The Labute approximate surface area is 183 Å². The van der Waals surface area contributed by atoms with Gasteiger partial charge in [0.1, 0.15) is 6.10 Å². The maximum absolute atomic E-state index is 13.4. The number of halogens is 6. The summed E-state index contributed by atoms with van der Waals surface area (Å²) in [6.45, 7) is 7.57. The Bertz CT molecular complexity index is 729. The quantitative estimate of drug-likeness (QED) is 0.309. The number of carbonyl (C=O) groups excluding carboxylic acids is 1. The fourth-order valence-corrected chi connectivity index (χ4v) is 6.63. The summed E-state index contributed by atoms with van der Waals surface area (Å²) in [5, 5.41) is 9.82. The van der Waals surface area contributed by atoms with Crippen molar-refractivity contribution in [2.45, 2.75) is 89.0 Å². The second-order valence-corrected chi connectivity index (χ2v) is 10.0. The van der Waals surface area contributed by atoms with E-state index in [4.69, 9.17) is 9.47 Å². The van der Waals surface area contributed by atoms with E-state index in [0.29, 0.717) is 32.6 Å². The maximum atomic E-state index is 13.4. The molecular weight excluding hydrogens is 442 g/mol. The van der Waals surface area contributed by atoms with Crippen LogP contribution >= 0.6 is 0 Å². The van der Waals surface area contributed by atoms with Crippen LogP contribution in [0.25, 0.3) is 0 Å². The number of hydrogen-bond acceptors (Lipinski definition) is 4. The van der Waals surface area contributed by atoms with Crippen LogP contribution in [0, 0.1) is 23.2 Å². The van der Waals surface area contributed by atoms with Gasteiger partial charge in [-0.15, -0.1) is 0 Å². The zero-order chi connectivity index (χ0) is 24.3. The summed E-state index contributed by atoms with van der Waals surface area (Å²) in [6.07, 6.45) is -11.2. The van der Waals surface area contributed by atoms with E-state index in [-0.39, 0.29) is 41.8 Å². The SMILES string of the molecule is C=C(C)C(=O)OCC12CC3CC(C1)C(CC)(OC(C)C(O)(C(F)(F)F)C(F)(F)F)C(C3)C2. The van der Waals surface area contributed by atoms with Crippen molar-refractivity contribution in [2.75, 3.05) is 6.61 Å². The predicted molar refractivity (Wildman–Crippen MR) is 102 cm³/mol. The second-order valence-electron chi connectivity index (χ2n) is 10.0. The van der Waals surface area contributed by atoms with Gasteiger partial charge in [0.15, 0.2) is 0 Å². The first-order chi connectivity index (χ1) is 14.5. The van der Waals surface area contributed by atoms with Crippen molar-refractivity contribution < 1.29 is 45.7 Å². The average molecular weight is 472 g/mol. The summed E-state index contributed by atoms with van der Waals surface area (Å²) in [4.78, 5) is 11.9. The first-order valence-electron chi connectivity index (χ1n) is 10.9. The van der Waals surface area contributed by atoms with Gasteiger partial charge in [0.05, 0.1) is 12.2 Å². The topological polar surface area (TPSA) is 55.8 Å². The second kappa shape index (κ2) is 7.89. The van der Waals surface area contributed by atoms with E-state index in [9.17, 15) is 36.2 Å². The lowest BCUT2D eigenvalue weighted by molar-refractivity contribution is -0.406. The van der Waals surface area contributed by atoms with Gasteiger partial charge < -0.3 is 14.6 Å². The number of ether oxygens (including phenoxy) is 2. The van der Waals surface area contributed by atoms with Gasteiger partial charge >= 0.3 is 18.3 Å². The molecule has 4 rings (SSSR count). The van der Waals surface area contributed by atoms with E-state index in [1.165, 1.54) is 6.92 Å². The van der Waals surface area contributed by atoms with Crippen molar-refractivity contribution in [3.8, 4) is 0 Å². The van der Waals surface area contributed by atoms with E-state index in [1.807, 2.05) is 0 Å².